The zero-order chi connectivity index (χ0) is 18.0. The molecular formula is C20H22FN3O. The lowest BCUT2D eigenvalue weighted by Gasteiger charge is -2.20. The van der Waals surface area contributed by atoms with Crippen LogP contribution in [0.3, 0.4) is 0 Å². The minimum Gasteiger partial charge on any atom is -0.438 e. The summed E-state index contributed by atoms with van der Waals surface area (Å²) < 4.78 is 20.6. The van der Waals surface area contributed by atoms with Crippen LogP contribution in [0, 0.1) is 5.82 Å². The standard InChI is InChI=1S/C20H22FN3O/c1-4-24-18(14-6-5-7-15(12-14)20(2,3)22)13-19(23-24)25-17-10-8-16(21)9-11-17/h5-13H,4,22H2,1-3H3. The molecule has 0 aliphatic heterocycles. The predicted molar refractivity (Wildman–Crippen MR) is 97.0 cm³/mol. The lowest BCUT2D eigenvalue weighted by atomic mass is 9.93. The fourth-order valence-corrected chi connectivity index (χ4v) is 2.62. The Bertz CT molecular complexity index is 863. The van der Waals surface area contributed by atoms with Gasteiger partial charge in [-0.3, -0.25) is 4.68 Å². The van der Waals surface area contributed by atoms with E-state index in [-0.39, 0.29) is 5.82 Å². The van der Waals surface area contributed by atoms with Crippen LogP contribution in [0.2, 0.25) is 0 Å². The fraction of sp³-hybridized carbons (Fsp3) is 0.250. The summed E-state index contributed by atoms with van der Waals surface area (Å²) in [5.41, 5.74) is 8.83. The van der Waals surface area contributed by atoms with Crippen LogP contribution in [0.1, 0.15) is 26.3 Å². The summed E-state index contributed by atoms with van der Waals surface area (Å²) in [6, 6.07) is 15.9. The van der Waals surface area contributed by atoms with Crippen molar-refractivity contribution in [2.75, 3.05) is 0 Å². The quantitative estimate of drug-likeness (QED) is 0.733. The molecule has 25 heavy (non-hydrogen) atoms. The van der Waals surface area contributed by atoms with Crippen LogP contribution in [0.15, 0.2) is 54.6 Å². The monoisotopic (exact) mass is 339 g/mol. The number of hydrogen-bond donors (Lipinski definition) is 1. The summed E-state index contributed by atoms with van der Waals surface area (Å²) in [7, 11) is 0. The van der Waals surface area contributed by atoms with E-state index in [4.69, 9.17) is 10.5 Å². The molecule has 0 saturated carbocycles. The van der Waals surface area contributed by atoms with Gasteiger partial charge in [0.25, 0.3) is 0 Å². The minimum atomic E-state index is -0.416. The van der Waals surface area contributed by atoms with Gasteiger partial charge in [-0.1, -0.05) is 18.2 Å². The zero-order valence-corrected chi connectivity index (χ0v) is 14.7. The van der Waals surface area contributed by atoms with E-state index in [0.717, 1.165) is 16.8 Å². The summed E-state index contributed by atoms with van der Waals surface area (Å²) in [4.78, 5) is 0. The second-order valence-electron chi connectivity index (χ2n) is 6.54. The molecule has 1 aromatic heterocycles. The van der Waals surface area contributed by atoms with Gasteiger partial charge in [0.05, 0.1) is 5.69 Å². The third kappa shape index (κ3) is 3.88. The summed E-state index contributed by atoms with van der Waals surface area (Å²) in [5.74, 6) is 0.722. The van der Waals surface area contributed by atoms with Crippen LogP contribution in [-0.2, 0) is 12.1 Å². The first-order valence-corrected chi connectivity index (χ1v) is 8.28. The topological polar surface area (TPSA) is 53.1 Å². The van der Waals surface area contributed by atoms with E-state index >= 15 is 0 Å². The highest BCUT2D eigenvalue weighted by Gasteiger charge is 2.16. The number of benzene rings is 2. The highest BCUT2D eigenvalue weighted by Crippen LogP contribution is 2.29. The Morgan fingerprint density at radius 3 is 2.48 bits per heavy atom. The number of ether oxygens (including phenoxy) is 1. The van der Waals surface area contributed by atoms with Crippen molar-refractivity contribution in [3.05, 3.63) is 66.0 Å². The van der Waals surface area contributed by atoms with Crippen LogP contribution in [-0.4, -0.2) is 9.78 Å². The third-order valence-electron chi connectivity index (χ3n) is 4.00. The van der Waals surface area contributed by atoms with Crippen LogP contribution < -0.4 is 10.5 Å². The van der Waals surface area contributed by atoms with Gasteiger partial charge < -0.3 is 10.5 Å². The molecule has 1 heterocycles. The van der Waals surface area contributed by atoms with E-state index in [1.807, 2.05) is 49.7 Å². The van der Waals surface area contributed by atoms with Gasteiger partial charge in [0.1, 0.15) is 11.6 Å². The summed E-state index contributed by atoms with van der Waals surface area (Å²) in [6.07, 6.45) is 0. The average Bonchev–Trinajstić information content (AvgIpc) is 2.99. The molecular weight excluding hydrogens is 317 g/mol. The van der Waals surface area contributed by atoms with Crippen molar-refractivity contribution in [3.63, 3.8) is 0 Å². The molecule has 0 spiro atoms. The SMILES string of the molecule is CCn1nc(Oc2ccc(F)cc2)cc1-c1cccc(C(C)(C)N)c1. The number of aryl methyl sites for hydroxylation is 1. The van der Waals surface area contributed by atoms with Gasteiger partial charge in [0.2, 0.25) is 5.88 Å². The van der Waals surface area contributed by atoms with Crippen molar-refractivity contribution in [2.45, 2.75) is 32.9 Å². The number of aromatic nitrogens is 2. The van der Waals surface area contributed by atoms with Crippen LogP contribution in [0.4, 0.5) is 4.39 Å². The van der Waals surface area contributed by atoms with Gasteiger partial charge in [-0.05, 0) is 56.7 Å². The number of rotatable bonds is 5. The largest absolute Gasteiger partial charge is 0.438 e. The molecule has 0 unspecified atom stereocenters. The first-order valence-electron chi connectivity index (χ1n) is 8.28. The Balaban J connectivity index is 1.94. The zero-order valence-electron chi connectivity index (χ0n) is 14.7. The predicted octanol–water partition coefficient (Wildman–Crippen LogP) is 4.70. The van der Waals surface area contributed by atoms with Gasteiger partial charge in [0, 0.05) is 23.7 Å². The van der Waals surface area contributed by atoms with Gasteiger partial charge in [-0.15, -0.1) is 5.10 Å². The van der Waals surface area contributed by atoms with Crippen molar-refractivity contribution >= 4 is 0 Å². The Labute approximate surface area is 147 Å². The molecule has 0 aliphatic rings. The van der Waals surface area contributed by atoms with Gasteiger partial charge in [-0.2, -0.15) is 0 Å². The lowest BCUT2D eigenvalue weighted by Crippen LogP contribution is -2.28. The molecule has 0 radical (unpaired) electrons. The number of nitrogens with zero attached hydrogens (tertiary/aromatic N) is 2. The Kier molecular flexibility index (Phi) is 4.59. The summed E-state index contributed by atoms with van der Waals surface area (Å²) in [6.45, 7) is 6.69. The highest BCUT2D eigenvalue weighted by molar-refractivity contribution is 5.62. The van der Waals surface area contributed by atoms with E-state index < -0.39 is 5.54 Å². The van der Waals surface area contributed by atoms with E-state index in [0.29, 0.717) is 18.2 Å². The molecule has 2 N–H and O–H groups in total. The lowest BCUT2D eigenvalue weighted by molar-refractivity contribution is 0.448. The van der Waals surface area contributed by atoms with E-state index in [1.165, 1.54) is 12.1 Å². The van der Waals surface area contributed by atoms with Gasteiger partial charge in [0.15, 0.2) is 0 Å². The Morgan fingerprint density at radius 2 is 1.84 bits per heavy atom. The molecule has 0 fully saturated rings. The first kappa shape index (κ1) is 17.2. The van der Waals surface area contributed by atoms with Gasteiger partial charge >= 0.3 is 0 Å². The molecule has 3 aromatic rings. The molecule has 5 heteroatoms. The van der Waals surface area contributed by atoms with Crippen molar-refractivity contribution in [2.24, 2.45) is 5.73 Å². The number of nitrogens with two attached hydrogens (primary N) is 1. The molecule has 0 atom stereocenters. The van der Waals surface area contributed by atoms with Crippen molar-refractivity contribution in [3.8, 4) is 22.9 Å². The maximum absolute atomic E-state index is 13.0. The van der Waals surface area contributed by atoms with E-state index in [2.05, 4.69) is 11.2 Å². The second-order valence-corrected chi connectivity index (χ2v) is 6.54. The summed E-state index contributed by atoms with van der Waals surface area (Å²) in [5, 5.41) is 4.48. The van der Waals surface area contributed by atoms with Crippen molar-refractivity contribution in [1.29, 1.82) is 0 Å². The second kappa shape index (κ2) is 6.69. The third-order valence-corrected chi connectivity index (χ3v) is 4.00. The van der Waals surface area contributed by atoms with Crippen LogP contribution in [0.25, 0.3) is 11.3 Å². The molecule has 4 nitrogen and oxygen atoms in total. The summed E-state index contributed by atoms with van der Waals surface area (Å²) >= 11 is 0. The molecule has 0 amide bonds. The molecule has 0 aliphatic carbocycles. The number of hydrogen-bond acceptors (Lipinski definition) is 3. The molecule has 0 saturated heterocycles. The minimum absolute atomic E-state index is 0.298. The fourth-order valence-electron chi connectivity index (χ4n) is 2.62. The maximum atomic E-state index is 13.0. The van der Waals surface area contributed by atoms with Crippen LogP contribution >= 0.6 is 0 Å². The molecule has 0 bridgehead atoms. The van der Waals surface area contributed by atoms with Crippen LogP contribution in [0.5, 0.6) is 11.6 Å². The molecule has 130 valence electrons. The number of halogens is 1. The normalized spacial score (nSPS) is 11.6. The van der Waals surface area contributed by atoms with Gasteiger partial charge in [-0.25, -0.2) is 4.39 Å². The van der Waals surface area contributed by atoms with E-state index in [9.17, 15) is 4.39 Å². The van der Waals surface area contributed by atoms with Crippen molar-refractivity contribution < 1.29 is 9.13 Å². The smallest absolute Gasteiger partial charge is 0.238 e. The molecule has 2 aromatic carbocycles. The Hall–Kier alpha value is -2.66. The molecule has 3 rings (SSSR count). The Morgan fingerprint density at radius 1 is 1.12 bits per heavy atom. The first-order chi connectivity index (χ1) is 11.9. The average molecular weight is 339 g/mol. The van der Waals surface area contributed by atoms with E-state index in [1.54, 1.807) is 12.1 Å². The maximum Gasteiger partial charge on any atom is 0.238 e. The highest BCUT2D eigenvalue weighted by atomic mass is 19.1. The van der Waals surface area contributed by atoms with Crippen molar-refractivity contribution in [1.82, 2.24) is 9.78 Å².